The second-order valence-corrected chi connectivity index (χ2v) is 36.4. The minimum absolute atomic E-state index is 0. The number of nitrogens with two attached hydrogens (primary N) is 1. The number of halogens is 1. The van der Waals surface area contributed by atoms with Gasteiger partial charge in [-0.25, -0.2) is 4.39 Å². The average Bonchev–Trinajstić information content (AvgIpc) is 1.64. The lowest BCUT2D eigenvalue weighted by Crippen LogP contribution is -2.54. The first-order valence-corrected chi connectivity index (χ1v) is 36.4. The monoisotopic (exact) mass is 1360 g/mol. The molecule has 18 nitrogen and oxygen atoms in total. The van der Waals surface area contributed by atoms with E-state index in [9.17, 15) is 47.5 Å². The number of likely N-dealkylation sites (tertiary alicyclic amines) is 8. The fourth-order valence-corrected chi connectivity index (χ4v) is 11.5. The second-order valence-electron chi connectivity index (χ2n) is 36.4. The highest BCUT2D eigenvalue weighted by Gasteiger charge is 2.38. The van der Waals surface area contributed by atoms with E-state index in [0.717, 1.165) is 84.5 Å². The van der Waals surface area contributed by atoms with Crippen LogP contribution in [0.15, 0.2) is 0 Å². The molecule has 8 aliphatic rings. The van der Waals surface area contributed by atoms with Gasteiger partial charge in [-0.05, 0) is 95.3 Å². The maximum Gasteiger partial charge on any atom is 0.228 e. The molecule has 0 bridgehead atoms. The standard InChI is InChI=1S/C11H21NO.C10H18N2O2.3C10H19NO.C9H17NO.C8H14FNO.C8H15NO.CH4/c1-9-5-7-12(8-6-9)10(13)11(2,3)4;1-10(2,3)9(14)12-5-4-7(6-12)8(11)13;1-8-5-6-11(7-8)9(12)10(2,3)4;2*1-10(2,3)9(12)11-7-5-4-6-8-11;1-9(2,3)8(11)10-6-4-5-7-10;1-8(2,3)7(11)10-4-6(9)5-10;1-8(2,3)7(10)9-5-4-6-9;/h9H,5-8H2,1-4H3;7H,4-6H2,1-3H3,(H2,11,13);8H,5-7H2,1-4H3;2*4-8H2,1-3H3;4-7H2,1-3H3;6H,4-5H2,1-3H3;4-6H2,1-3H3;1H4. The van der Waals surface area contributed by atoms with Gasteiger partial charge in [-0.1, -0.05) is 187 Å². The number of alkyl halides is 1. The number of carbonyl (C=O) groups excluding carboxylic acids is 9. The number of amides is 9. The van der Waals surface area contributed by atoms with Gasteiger partial charge in [0.2, 0.25) is 53.2 Å². The van der Waals surface area contributed by atoms with Gasteiger partial charge in [0.15, 0.2) is 0 Å². The zero-order valence-electron chi connectivity index (χ0n) is 65.5. The lowest BCUT2D eigenvalue weighted by Gasteiger charge is -2.38. The molecule has 0 aromatic heterocycles. The number of primary amides is 1. The minimum Gasteiger partial charge on any atom is -0.369 e. The number of piperidine rings is 3. The third-order valence-electron chi connectivity index (χ3n) is 17.7. The Hall–Kier alpha value is -4.84. The van der Waals surface area contributed by atoms with E-state index in [0.29, 0.717) is 60.9 Å². The molecule has 2 unspecified atom stereocenters. The highest BCUT2D eigenvalue weighted by atomic mass is 19.1. The van der Waals surface area contributed by atoms with Gasteiger partial charge >= 0.3 is 0 Å². The Morgan fingerprint density at radius 1 is 0.271 bits per heavy atom. The first kappa shape index (κ1) is 91.2. The zero-order chi connectivity index (χ0) is 73.6. The Kier molecular flexibility index (Phi) is 37.3. The number of hydrogen-bond acceptors (Lipinski definition) is 9. The van der Waals surface area contributed by atoms with E-state index in [1.54, 1.807) is 9.80 Å². The lowest BCUT2D eigenvalue weighted by molar-refractivity contribution is -0.147. The summed E-state index contributed by atoms with van der Waals surface area (Å²) in [5.41, 5.74) is 3.29. The Labute approximate surface area is 586 Å². The quantitative estimate of drug-likeness (QED) is 0.265. The highest BCUT2D eigenvalue weighted by Crippen LogP contribution is 2.29. The molecule has 560 valence electrons. The van der Waals surface area contributed by atoms with Crippen molar-refractivity contribution in [1.82, 2.24) is 39.2 Å². The Bertz CT molecular complexity index is 2330. The van der Waals surface area contributed by atoms with Crippen molar-refractivity contribution in [2.45, 2.75) is 277 Å². The van der Waals surface area contributed by atoms with Crippen LogP contribution in [0.25, 0.3) is 0 Å². The molecular formula is C77H146FN9O9. The van der Waals surface area contributed by atoms with Gasteiger partial charge in [0.1, 0.15) is 6.17 Å². The largest absolute Gasteiger partial charge is 0.369 e. The number of hydrogen-bond donors (Lipinski definition) is 1. The van der Waals surface area contributed by atoms with Crippen LogP contribution in [0.5, 0.6) is 0 Å². The van der Waals surface area contributed by atoms with E-state index in [-0.39, 0.29) is 87.5 Å². The van der Waals surface area contributed by atoms with Crippen molar-refractivity contribution >= 4 is 53.2 Å². The van der Waals surface area contributed by atoms with E-state index < -0.39 is 6.17 Å². The summed E-state index contributed by atoms with van der Waals surface area (Å²) in [5.74, 6) is 2.99. The summed E-state index contributed by atoms with van der Waals surface area (Å²) >= 11 is 0. The summed E-state index contributed by atoms with van der Waals surface area (Å²) in [7, 11) is 0. The summed E-state index contributed by atoms with van der Waals surface area (Å²) < 4.78 is 12.3. The van der Waals surface area contributed by atoms with Gasteiger partial charge in [0.05, 0.1) is 19.0 Å². The first-order valence-electron chi connectivity index (χ1n) is 36.4. The molecule has 19 heteroatoms. The molecule has 96 heavy (non-hydrogen) atoms. The highest BCUT2D eigenvalue weighted by molar-refractivity contribution is 5.86. The van der Waals surface area contributed by atoms with Crippen LogP contribution >= 0.6 is 0 Å². The van der Waals surface area contributed by atoms with Crippen LogP contribution in [0, 0.1) is 61.1 Å². The first-order chi connectivity index (χ1) is 43.1. The molecule has 0 radical (unpaired) electrons. The van der Waals surface area contributed by atoms with Crippen LogP contribution in [0.2, 0.25) is 0 Å². The Morgan fingerprint density at radius 2 is 0.479 bits per heavy atom. The number of rotatable bonds is 1. The maximum absolute atomic E-state index is 12.3. The summed E-state index contributed by atoms with van der Waals surface area (Å²) in [6, 6.07) is 0. The molecule has 8 fully saturated rings. The minimum atomic E-state index is -0.790. The van der Waals surface area contributed by atoms with Crippen molar-refractivity contribution in [2.24, 2.45) is 66.8 Å². The van der Waals surface area contributed by atoms with E-state index in [4.69, 9.17) is 5.73 Å². The van der Waals surface area contributed by atoms with Crippen LogP contribution in [-0.4, -0.2) is 203 Å². The fourth-order valence-electron chi connectivity index (χ4n) is 11.5. The molecule has 8 saturated heterocycles. The van der Waals surface area contributed by atoms with Crippen molar-refractivity contribution < 1.29 is 47.5 Å². The van der Waals surface area contributed by atoms with Gasteiger partial charge in [0.25, 0.3) is 0 Å². The molecular weight excluding hydrogens is 1210 g/mol. The third-order valence-corrected chi connectivity index (χ3v) is 17.7. The van der Waals surface area contributed by atoms with Crippen LogP contribution in [-0.2, 0) is 43.2 Å². The molecule has 8 heterocycles. The summed E-state index contributed by atoms with van der Waals surface area (Å²) in [4.78, 5) is 119. The second kappa shape index (κ2) is 39.2. The van der Waals surface area contributed by atoms with Gasteiger partial charge in [0, 0.05) is 135 Å². The van der Waals surface area contributed by atoms with E-state index in [2.05, 4.69) is 13.8 Å². The van der Waals surface area contributed by atoms with Crippen LogP contribution in [0.3, 0.4) is 0 Å². The Balaban J connectivity index is 0.00000107. The number of nitrogens with zero attached hydrogens (tertiary/aromatic N) is 8. The van der Waals surface area contributed by atoms with Gasteiger partial charge in [-0.15, -0.1) is 0 Å². The molecule has 2 N–H and O–H groups in total. The van der Waals surface area contributed by atoms with E-state index in [1.807, 2.05) is 196 Å². The summed E-state index contributed by atoms with van der Waals surface area (Å²) in [6.07, 6.45) is 14.3. The third kappa shape index (κ3) is 33.3. The van der Waals surface area contributed by atoms with E-state index >= 15 is 0 Å². The maximum atomic E-state index is 12.3. The summed E-state index contributed by atoms with van der Waals surface area (Å²) in [5, 5.41) is 0. The topological polar surface area (TPSA) is 206 Å². The molecule has 8 aliphatic heterocycles. The lowest BCUT2D eigenvalue weighted by atomic mass is 9.92. The zero-order valence-corrected chi connectivity index (χ0v) is 65.5. The molecule has 0 aromatic rings. The SMILES string of the molecule is C.CC(C)(C)C(=O)N1CC(F)C1.CC(C)(C)C(=O)N1CCC(C(N)=O)C1.CC(C)(C)C(=O)N1CCC1.CC(C)(C)C(=O)N1CCCC1.CC(C)(C)C(=O)N1CCCCC1.CC(C)(C)C(=O)N1CCCCC1.CC1CCN(C(=O)C(C)(C)C)C1.CC1CCN(C(=O)C(C)(C)C)CC1. The molecule has 0 spiro atoms. The van der Waals surface area contributed by atoms with E-state index in [1.165, 1.54) is 77.0 Å². The van der Waals surface area contributed by atoms with Crippen molar-refractivity contribution in [3.63, 3.8) is 0 Å². The predicted molar refractivity (Wildman–Crippen MR) is 391 cm³/mol. The fraction of sp³-hybridized carbons (Fsp3) is 0.883. The summed E-state index contributed by atoms with van der Waals surface area (Å²) in [6.45, 7) is 64.7. The van der Waals surface area contributed by atoms with Gasteiger partial charge < -0.3 is 44.9 Å². The van der Waals surface area contributed by atoms with Crippen LogP contribution in [0.4, 0.5) is 4.39 Å². The molecule has 2 atom stereocenters. The van der Waals surface area contributed by atoms with Crippen molar-refractivity contribution in [1.29, 1.82) is 0 Å². The van der Waals surface area contributed by atoms with Crippen molar-refractivity contribution in [3.05, 3.63) is 0 Å². The van der Waals surface area contributed by atoms with Crippen molar-refractivity contribution in [2.75, 3.05) is 105 Å². The molecule has 0 aliphatic carbocycles. The van der Waals surface area contributed by atoms with Gasteiger partial charge in [-0.3, -0.25) is 43.2 Å². The molecule has 8 rings (SSSR count). The Morgan fingerprint density at radius 3 is 0.698 bits per heavy atom. The van der Waals surface area contributed by atoms with Crippen LogP contribution < -0.4 is 5.73 Å². The van der Waals surface area contributed by atoms with Crippen LogP contribution in [0.1, 0.15) is 271 Å². The smallest absolute Gasteiger partial charge is 0.228 e. The average molecular weight is 1360 g/mol. The van der Waals surface area contributed by atoms with Crippen molar-refractivity contribution in [3.8, 4) is 0 Å². The predicted octanol–water partition coefficient (Wildman–Crippen LogP) is 13.4. The number of carbonyl (C=O) groups is 9. The molecule has 0 saturated carbocycles. The van der Waals surface area contributed by atoms with Gasteiger partial charge in [-0.2, -0.15) is 0 Å². The molecule has 9 amide bonds. The normalized spacial score (nSPS) is 20.4. The molecule has 0 aromatic carbocycles.